The Bertz CT molecular complexity index is 491. The van der Waals surface area contributed by atoms with Gasteiger partial charge in [0, 0.05) is 20.2 Å². The highest BCUT2D eigenvalue weighted by molar-refractivity contribution is 5.58. The Balaban J connectivity index is 2.64. The minimum Gasteiger partial charge on any atom is -0.287 e. The number of hydrogen-bond acceptors (Lipinski definition) is 1. The first-order valence-electron chi connectivity index (χ1n) is 4.53. The van der Waals surface area contributed by atoms with Crippen molar-refractivity contribution < 1.29 is 0 Å². The largest absolute Gasteiger partial charge is 0.287 e. The first-order chi connectivity index (χ1) is 6.70. The molecule has 2 rings (SSSR count). The fraction of sp³-hybridized carbons (Fsp3) is 0.182. The van der Waals surface area contributed by atoms with Gasteiger partial charge in [-0.3, -0.25) is 14.8 Å². The second-order valence-corrected chi connectivity index (χ2v) is 3.33. The van der Waals surface area contributed by atoms with Gasteiger partial charge in [0.2, 0.25) is 0 Å². The highest BCUT2D eigenvalue weighted by Crippen LogP contribution is 2.15. The van der Waals surface area contributed by atoms with Crippen molar-refractivity contribution in [1.29, 1.82) is 5.41 Å². The third-order valence-corrected chi connectivity index (χ3v) is 2.49. The maximum absolute atomic E-state index is 7.67. The lowest BCUT2D eigenvalue weighted by Crippen LogP contribution is -2.16. The minimum atomic E-state index is 0.520. The van der Waals surface area contributed by atoms with E-state index in [1.54, 1.807) is 0 Å². The number of benzene rings is 1. The van der Waals surface area contributed by atoms with Crippen molar-refractivity contribution in [2.45, 2.75) is 0 Å². The number of hydrogen-bond donors (Lipinski definition) is 1. The summed E-state index contributed by atoms with van der Waals surface area (Å²) in [7, 11) is 3.84. The SMILES string of the molecule is Cn1c(-c2ccccc2)cc(=N)n1C. The summed E-state index contributed by atoms with van der Waals surface area (Å²) >= 11 is 0. The molecule has 0 unspecified atom stereocenters. The second kappa shape index (κ2) is 3.18. The third-order valence-electron chi connectivity index (χ3n) is 2.49. The number of nitrogens with zero attached hydrogens (tertiary/aromatic N) is 2. The third kappa shape index (κ3) is 1.27. The average Bonchev–Trinajstić information content (AvgIpc) is 2.47. The molecule has 1 aromatic carbocycles. The molecule has 72 valence electrons. The van der Waals surface area contributed by atoms with Crippen LogP contribution in [0.5, 0.6) is 0 Å². The van der Waals surface area contributed by atoms with Gasteiger partial charge in [-0.25, -0.2) is 0 Å². The molecule has 0 atom stereocenters. The van der Waals surface area contributed by atoms with Gasteiger partial charge < -0.3 is 0 Å². The van der Waals surface area contributed by atoms with Crippen LogP contribution in [0.15, 0.2) is 36.4 Å². The van der Waals surface area contributed by atoms with E-state index in [1.807, 2.05) is 47.7 Å². The summed E-state index contributed by atoms with van der Waals surface area (Å²) in [6, 6.07) is 12.0. The highest BCUT2D eigenvalue weighted by atomic mass is 15.4. The molecule has 0 aliphatic carbocycles. The first-order valence-corrected chi connectivity index (χ1v) is 4.53. The summed E-state index contributed by atoms with van der Waals surface area (Å²) in [5.74, 6) is 0. The number of aromatic nitrogens is 2. The predicted octanol–water partition coefficient (Wildman–Crippen LogP) is 1.51. The summed E-state index contributed by atoms with van der Waals surface area (Å²) in [6.07, 6.45) is 0. The molecular weight excluding hydrogens is 174 g/mol. The van der Waals surface area contributed by atoms with Gasteiger partial charge in [0.15, 0.2) is 0 Å². The molecule has 0 aliphatic rings. The van der Waals surface area contributed by atoms with Crippen molar-refractivity contribution in [3.05, 3.63) is 41.9 Å². The van der Waals surface area contributed by atoms with E-state index in [9.17, 15) is 0 Å². The molecule has 2 aromatic rings. The zero-order valence-electron chi connectivity index (χ0n) is 8.36. The Labute approximate surface area is 82.7 Å². The topological polar surface area (TPSA) is 33.7 Å². The molecule has 0 saturated heterocycles. The zero-order valence-corrected chi connectivity index (χ0v) is 8.36. The van der Waals surface area contributed by atoms with E-state index in [-0.39, 0.29) is 0 Å². The van der Waals surface area contributed by atoms with Gasteiger partial charge in [0.1, 0.15) is 5.49 Å². The van der Waals surface area contributed by atoms with Crippen molar-refractivity contribution in [2.24, 2.45) is 14.1 Å². The standard InChI is InChI=1S/C11H13N3/c1-13-10(8-11(12)14(13)2)9-6-4-3-5-7-9/h3-8,12H,1-2H3. The van der Waals surface area contributed by atoms with Gasteiger partial charge >= 0.3 is 0 Å². The van der Waals surface area contributed by atoms with E-state index in [4.69, 9.17) is 5.41 Å². The van der Waals surface area contributed by atoms with Crippen LogP contribution in [0.1, 0.15) is 0 Å². The lowest BCUT2D eigenvalue weighted by molar-refractivity contribution is 0.572. The predicted molar refractivity (Wildman–Crippen MR) is 55.7 cm³/mol. The fourth-order valence-electron chi connectivity index (χ4n) is 1.52. The lowest BCUT2D eigenvalue weighted by Gasteiger charge is -2.05. The average molecular weight is 187 g/mol. The first kappa shape index (κ1) is 8.81. The summed E-state index contributed by atoms with van der Waals surface area (Å²) < 4.78 is 3.78. The van der Waals surface area contributed by atoms with Gasteiger partial charge in [-0.2, -0.15) is 0 Å². The van der Waals surface area contributed by atoms with Crippen molar-refractivity contribution in [3.8, 4) is 11.3 Å². The maximum Gasteiger partial charge on any atom is 0.141 e. The molecule has 0 amide bonds. The maximum atomic E-state index is 7.67. The van der Waals surface area contributed by atoms with E-state index in [0.717, 1.165) is 11.3 Å². The Morgan fingerprint density at radius 3 is 2.14 bits per heavy atom. The molecule has 1 heterocycles. The smallest absolute Gasteiger partial charge is 0.141 e. The van der Waals surface area contributed by atoms with E-state index in [0.29, 0.717) is 5.49 Å². The van der Waals surface area contributed by atoms with Crippen LogP contribution in [0.25, 0.3) is 11.3 Å². The molecule has 1 N–H and O–H groups in total. The molecule has 0 radical (unpaired) electrons. The number of nitrogens with one attached hydrogen (secondary N) is 1. The van der Waals surface area contributed by atoms with E-state index in [2.05, 4.69) is 12.1 Å². The molecule has 3 nitrogen and oxygen atoms in total. The van der Waals surface area contributed by atoms with Gasteiger partial charge in [0.05, 0.1) is 5.69 Å². The molecular formula is C11H13N3. The van der Waals surface area contributed by atoms with E-state index < -0.39 is 0 Å². The number of rotatable bonds is 1. The Morgan fingerprint density at radius 2 is 1.64 bits per heavy atom. The summed E-state index contributed by atoms with van der Waals surface area (Å²) in [5, 5.41) is 7.67. The lowest BCUT2D eigenvalue weighted by atomic mass is 10.1. The second-order valence-electron chi connectivity index (χ2n) is 3.33. The van der Waals surface area contributed by atoms with Crippen LogP contribution in [0.2, 0.25) is 0 Å². The van der Waals surface area contributed by atoms with Gasteiger partial charge in [-0.1, -0.05) is 30.3 Å². The van der Waals surface area contributed by atoms with Crippen molar-refractivity contribution in [1.82, 2.24) is 9.36 Å². The summed E-state index contributed by atoms with van der Waals surface area (Å²) in [5.41, 5.74) is 2.73. The molecule has 0 bridgehead atoms. The van der Waals surface area contributed by atoms with Crippen LogP contribution < -0.4 is 5.49 Å². The van der Waals surface area contributed by atoms with Crippen LogP contribution >= 0.6 is 0 Å². The Morgan fingerprint density at radius 1 is 1.00 bits per heavy atom. The minimum absolute atomic E-state index is 0.520. The monoisotopic (exact) mass is 187 g/mol. The molecule has 0 fully saturated rings. The van der Waals surface area contributed by atoms with Crippen molar-refractivity contribution in [3.63, 3.8) is 0 Å². The van der Waals surface area contributed by atoms with Crippen molar-refractivity contribution >= 4 is 0 Å². The molecule has 3 heteroatoms. The van der Waals surface area contributed by atoms with Crippen LogP contribution in [0, 0.1) is 5.41 Å². The van der Waals surface area contributed by atoms with Crippen LogP contribution in [0.3, 0.4) is 0 Å². The van der Waals surface area contributed by atoms with Gasteiger partial charge in [-0.05, 0) is 5.56 Å². The highest BCUT2D eigenvalue weighted by Gasteiger charge is 2.03. The van der Waals surface area contributed by atoms with Crippen LogP contribution in [-0.2, 0) is 14.1 Å². The summed E-state index contributed by atoms with van der Waals surface area (Å²) in [4.78, 5) is 0. The quantitative estimate of drug-likeness (QED) is 0.702. The zero-order chi connectivity index (χ0) is 10.1. The van der Waals surface area contributed by atoms with Gasteiger partial charge in [-0.15, -0.1) is 0 Å². The molecule has 0 saturated carbocycles. The summed E-state index contributed by atoms with van der Waals surface area (Å²) in [6.45, 7) is 0. The molecule has 14 heavy (non-hydrogen) atoms. The molecule has 0 aliphatic heterocycles. The van der Waals surface area contributed by atoms with E-state index in [1.165, 1.54) is 0 Å². The molecule has 0 spiro atoms. The fourth-order valence-corrected chi connectivity index (χ4v) is 1.52. The normalized spacial score (nSPS) is 10.4. The van der Waals surface area contributed by atoms with Gasteiger partial charge in [0.25, 0.3) is 0 Å². The molecule has 1 aromatic heterocycles. The van der Waals surface area contributed by atoms with E-state index >= 15 is 0 Å². The van der Waals surface area contributed by atoms with Crippen molar-refractivity contribution in [2.75, 3.05) is 0 Å². The van der Waals surface area contributed by atoms with Crippen LogP contribution in [0.4, 0.5) is 0 Å². The van der Waals surface area contributed by atoms with Crippen LogP contribution in [-0.4, -0.2) is 9.36 Å². The Kier molecular flexibility index (Phi) is 2.00. The Hall–Kier alpha value is -1.77.